The van der Waals surface area contributed by atoms with Gasteiger partial charge in [0.05, 0.1) is 22.0 Å². The number of carbonyl (C=O) groups excluding carboxylic acids is 2. The van der Waals surface area contributed by atoms with Gasteiger partial charge in [0.1, 0.15) is 0 Å². The van der Waals surface area contributed by atoms with Crippen LogP contribution in [0.25, 0.3) is 11.4 Å². The average Bonchev–Trinajstić information content (AvgIpc) is 3.12. The van der Waals surface area contributed by atoms with Crippen LogP contribution in [0, 0.1) is 0 Å². The zero-order valence-electron chi connectivity index (χ0n) is 13.6. The zero-order chi connectivity index (χ0) is 19.1. The normalized spacial score (nSPS) is 13.3. The minimum atomic E-state index is -0.341. The third-order valence-electron chi connectivity index (χ3n) is 4.04. The molecule has 4 rings (SSSR count). The number of aromatic nitrogens is 3. The van der Waals surface area contributed by atoms with Gasteiger partial charge in [0.2, 0.25) is 5.16 Å². The number of fused-ring (bicyclic) bond motifs is 1. The van der Waals surface area contributed by atoms with Crippen LogP contribution >= 0.6 is 35.0 Å². The number of hydrogen-bond acceptors (Lipinski definition) is 6. The van der Waals surface area contributed by atoms with Crippen molar-refractivity contribution in [1.29, 1.82) is 0 Å². The second-order valence-electron chi connectivity index (χ2n) is 5.66. The minimum absolute atomic E-state index is 0.0655. The third kappa shape index (κ3) is 3.05. The number of carbonyl (C=O) groups is 2. The summed E-state index contributed by atoms with van der Waals surface area (Å²) < 4.78 is 1.26. The number of rotatable bonds is 4. The van der Waals surface area contributed by atoms with Crippen molar-refractivity contribution < 1.29 is 9.59 Å². The van der Waals surface area contributed by atoms with E-state index in [0.29, 0.717) is 37.7 Å². The molecule has 27 heavy (non-hydrogen) atoms. The van der Waals surface area contributed by atoms with Gasteiger partial charge in [0.15, 0.2) is 5.82 Å². The summed E-state index contributed by atoms with van der Waals surface area (Å²) >= 11 is 13.2. The molecular formula is C17H11Cl2N5O2S. The summed E-state index contributed by atoms with van der Waals surface area (Å²) in [6.45, 7) is 0. The zero-order valence-corrected chi connectivity index (χ0v) is 15.9. The first kappa shape index (κ1) is 17.8. The molecule has 2 heterocycles. The number of benzene rings is 2. The molecular weight excluding hydrogens is 409 g/mol. The summed E-state index contributed by atoms with van der Waals surface area (Å²) in [6.07, 6.45) is 0. The van der Waals surface area contributed by atoms with Gasteiger partial charge in [-0.3, -0.25) is 14.5 Å². The van der Waals surface area contributed by atoms with Crippen LogP contribution < -0.4 is 5.84 Å². The molecule has 1 aromatic heterocycles. The number of halogens is 2. The summed E-state index contributed by atoms with van der Waals surface area (Å²) in [7, 11) is 0. The Balaban J connectivity index is 1.55. The lowest BCUT2D eigenvalue weighted by molar-refractivity contribution is 0.0684. The lowest BCUT2D eigenvalue weighted by Crippen LogP contribution is -2.29. The molecule has 7 nitrogen and oxygen atoms in total. The van der Waals surface area contributed by atoms with E-state index in [1.54, 1.807) is 42.5 Å². The number of amides is 2. The maximum Gasteiger partial charge on any atom is 0.262 e. The van der Waals surface area contributed by atoms with Crippen molar-refractivity contribution in [2.45, 2.75) is 5.16 Å². The van der Waals surface area contributed by atoms with Gasteiger partial charge in [-0.2, -0.15) is 0 Å². The number of nitrogens with two attached hydrogens (primary N) is 1. The van der Waals surface area contributed by atoms with E-state index in [4.69, 9.17) is 29.0 Å². The van der Waals surface area contributed by atoms with Gasteiger partial charge < -0.3 is 5.84 Å². The van der Waals surface area contributed by atoms with Crippen LogP contribution in [0.4, 0.5) is 0 Å². The van der Waals surface area contributed by atoms with Crippen molar-refractivity contribution in [3.8, 4) is 11.4 Å². The number of thioether (sulfide) groups is 1. The molecule has 0 unspecified atom stereocenters. The molecule has 0 atom stereocenters. The predicted molar refractivity (Wildman–Crippen MR) is 103 cm³/mol. The molecule has 0 bridgehead atoms. The van der Waals surface area contributed by atoms with E-state index < -0.39 is 0 Å². The van der Waals surface area contributed by atoms with Crippen LogP contribution in [-0.4, -0.2) is 37.5 Å². The molecule has 2 aromatic carbocycles. The molecule has 0 radical (unpaired) electrons. The second kappa shape index (κ2) is 6.88. The second-order valence-corrected chi connectivity index (χ2v) is 7.41. The molecule has 2 amide bonds. The Bertz CT molecular complexity index is 1050. The molecule has 1 aliphatic rings. The Morgan fingerprint density at radius 3 is 2.26 bits per heavy atom. The van der Waals surface area contributed by atoms with Crippen LogP contribution in [0.3, 0.4) is 0 Å². The summed E-state index contributed by atoms with van der Waals surface area (Å²) in [5, 5.41) is 9.30. The van der Waals surface area contributed by atoms with E-state index in [-0.39, 0.29) is 17.7 Å². The fourth-order valence-corrected chi connectivity index (χ4v) is 4.00. The highest BCUT2D eigenvalue weighted by Crippen LogP contribution is 2.31. The van der Waals surface area contributed by atoms with Crippen molar-refractivity contribution in [1.82, 2.24) is 19.8 Å². The fourth-order valence-electron chi connectivity index (χ4n) is 2.71. The molecule has 10 heteroatoms. The molecule has 1 aliphatic heterocycles. The average molecular weight is 420 g/mol. The number of nitrogen functional groups attached to an aromatic ring is 1. The fraction of sp³-hybridized carbons (Fsp3) is 0.0588. The summed E-state index contributed by atoms with van der Waals surface area (Å²) in [5.74, 6) is 5.80. The Kier molecular flexibility index (Phi) is 4.55. The molecule has 0 aliphatic carbocycles. The first-order chi connectivity index (χ1) is 13.0. The van der Waals surface area contributed by atoms with Gasteiger partial charge in [-0.05, 0) is 30.3 Å². The van der Waals surface area contributed by atoms with E-state index in [1.165, 1.54) is 4.68 Å². The van der Waals surface area contributed by atoms with Gasteiger partial charge in [-0.25, -0.2) is 4.68 Å². The van der Waals surface area contributed by atoms with Crippen molar-refractivity contribution in [2.24, 2.45) is 0 Å². The summed E-state index contributed by atoms with van der Waals surface area (Å²) in [4.78, 5) is 26.0. The van der Waals surface area contributed by atoms with Crippen molar-refractivity contribution in [3.63, 3.8) is 0 Å². The summed E-state index contributed by atoms with van der Waals surface area (Å²) in [5.41, 5.74) is 1.36. The Morgan fingerprint density at radius 2 is 1.63 bits per heavy atom. The molecule has 136 valence electrons. The minimum Gasteiger partial charge on any atom is -0.335 e. The largest absolute Gasteiger partial charge is 0.335 e. The van der Waals surface area contributed by atoms with Crippen LogP contribution in [0.2, 0.25) is 10.0 Å². The standard InChI is InChI=1S/C17H11Cl2N5O2S/c18-9-5-6-12(13(19)7-9)14-21-22-17(24(14)20)27-8-23-15(25)10-3-1-2-4-11(10)16(23)26/h1-7H,8,20H2. The smallest absolute Gasteiger partial charge is 0.262 e. The van der Waals surface area contributed by atoms with Gasteiger partial charge in [-0.15, -0.1) is 10.2 Å². The SMILES string of the molecule is Nn1c(SCN2C(=O)c3ccccc3C2=O)nnc1-c1ccc(Cl)cc1Cl. The topological polar surface area (TPSA) is 94.1 Å². The van der Waals surface area contributed by atoms with Crippen molar-refractivity contribution in [2.75, 3.05) is 11.7 Å². The lowest BCUT2D eigenvalue weighted by Gasteiger charge is -2.12. The number of imide groups is 1. The first-order valence-electron chi connectivity index (χ1n) is 7.71. The van der Waals surface area contributed by atoms with Crippen LogP contribution in [0.5, 0.6) is 0 Å². The molecule has 2 N–H and O–H groups in total. The van der Waals surface area contributed by atoms with E-state index in [1.807, 2.05) is 0 Å². The monoisotopic (exact) mass is 419 g/mol. The van der Waals surface area contributed by atoms with Crippen LogP contribution in [0.15, 0.2) is 47.6 Å². The highest BCUT2D eigenvalue weighted by Gasteiger charge is 2.35. The van der Waals surface area contributed by atoms with Crippen molar-refractivity contribution in [3.05, 3.63) is 63.6 Å². The summed E-state index contributed by atoms with van der Waals surface area (Å²) in [6, 6.07) is 11.6. The van der Waals surface area contributed by atoms with E-state index in [0.717, 1.165) is 16.7 Å². The molecule has 3 aromatic rings. The van der Waals surface area contributed by atoms with Gasteiger partial charge in [-0.1, -0.05) is 47.1 Å². The quantitative estimate of drug-likeness (QED) is 0.396. The van der Waals surface area contributed by atoms with Crippen LogP contribution in [0.1, 0.15) is 20.7 Å². The van der Waals surface area contributed by atoms with Gasteiger partial charge in [0.25, 0.3) is 11.8 Å². The Hall–Kier alpha value is -2.55. The van der Waals surface area contributed by atoms with E-state index in [2.05, 4.69) is 10.2 Å². The maximum absolute atomic E-state index is 12.4. The molecule has 0 fully saturated rings. The van der Waals surface area contributed by atoms with Gasteiger partial charge >= 0.3 is 0 Å². The number of hydrogen-bond donors (Lipinski definition) is 1. The molecule has 0 spiro atoms. The number of nitrogens with zero attached hydrogens (tertiary/aromatic N) is 4. The highest BCUT2D eigenvalue weighted by atomic mass is 35.5. The Morgan fingerprint density at radius 1 is 0.963 bits per heavy atom. The van der Waals surface area contributed by atoms with E-state index in [9.17, 15) is 9.59 Å². The third-order valence-corrected chi connectivity index (χ3v) is 5.51. The highest BCUT2D eigenvalue weighted by molar-refractivity contribution is 7.99. The predicted octanol–water partition coefficient (Wildman–Crippen LogP) is 3.31. The van der Waals surface area contributed by atoms with Crippen LogP contribution in [-0.2, 0) is 0 Å². The van der Waals surface area contributed by atoms with Gasteiger partial charge in [0, 0.05) is 10.6 Å². The van der Waals surface area contributed by atoms with Crippen molar-refractivity contribution >= 4 is 46.8 Å². The first-order valence-corrected chi connectivity index (χ1v) is 9.45. The Labute approximate surface area is 168 Å². The molecule has 0 saturated heterocycles. The lowest BCUT2D eigenvalue weighted by atomic mass is 10.1. The molecule has 0 saturated carbocycles. The van der Waals surface area contributed by atoms with E-state index >= 15 is 0 Å². The maximum atomic E-state index is 12.4.